The number of nitrogens with zero attached hydrogens (tertiary/aromatic N) is 1. The third-order valence-corrected chi connectivity index (χ3v) is 8.08. The molecule has 41 heavy (non-hydrogen) atoms. The van der Waals surface area contributed by atoms with E-state index in [4.69, 9.17) is 4.42 Å². The normalized spacial score (nSPS) is 11.7. The van der Waals surface area contributed by atoms with Crippen LogP contribution in [-0.4, -0.2) is 4.57 Å². The van der Waals surface area contributed by atoms with Crippen molar-refractivity contribution in [1.29, 1.82) is 0 Å². The molecule has 0 aliphatic carbocycles. The summed E-state index contributed by atoms with van der Waals surface area (Å²) in [5, 5.41) is 8.38. The highest BCUT2D eigenvalue weighted by Crippen LogP contribution is 2.36. The van der Waals surface area contributed by atoms with Crippen molar-refractivity contribution in [1.82, 2.24) is 9.88 Å². The van der Waals surface area contributed by atoms with Gasteiger partial charge in [-0.2, -0.15) is 0 Å². The molecule has 0 saturated heterocycles. The molecule has 0 radical (unpaired) electrons. The Balaban J connectivity index is 1.17. The van der Waals surface area contributed by atoms with Crippen molar-refractivity contribution in [3.05, 3.63) is 151 Å². The molecule has 196 valence electrons. The molecule has 0 unspecified atom stereocenters. The summed E-state index contributed by atoms with van der Waals surface area (Å²) in [6.07, 6.45) is 0. The molecular formula is C38H28N2O. The third kappa shape index (κ3) is 4.19. The summed E-state index contributed by atoms with van der Waals surface area (Å²) < 4.78 is 8.58. The van der Waals surface area contributed by atoms with Crippen molar-refractivity contribution in [2.75, 3.05) is 0 Å². The molecule has 2 heterocycles. The number of para-hydroxylation sites is 2. The number of hydrogen-bond donors (Lipinski definition) is 1. The molecular weight excluding hydrogens is 500 g/mol. The number of benzene rings is 6. The van der Waals surface area contributed by atoms with Gasteiger partial charge in [-0.3, -0.25) is 0 Å². The zero-order valence-electron chi connectivity index (χ0n) is 22.5. The van der Waals surface area contributed by atoms with E-state index in [9.17, 15) is 0 Å². The van der Waals surface area contributed by atoms with E-state index in [1.165, 1.54) is 38.5 Å². The molecule has 8 aromatic rings. The molecule has 0 aliphatic heterocycles. The molecule has 0 spiro atoms. The standard InChI is InChI=1S/C38H28N2O/c1-2-8-26(9-3-1)24-39-25-27-14-18-30(19-15-27)40-35-12-6-4-10-31(35)32-20-16-28(22-36(32)40)29-17-21-34-33-11-5-7-13-37(33)41-38(34)23-29/h1-23,39H,24-25H2. The molecule has 3 heteroatoms. The van der Waals surface area contributed by atoms with Crippen LogP contribution in [0.5, 0.6) is 0 Å². The molecule has 0 atom stereocenters. The minimum absolute atomic E-state index is 0.830. The smallest absolute Gasteiger partial charge is 0.136 e. The third-order valence-electron chi connectivity index (χ3n) is 8.08. The van der Waals surface area contributed by atoms with Crippen molar-refractivity contribution >= 4 is 43.7 Å². The second-order valence-corrected chi connectivity index (χ2v) is 10.6. The number of furan rings is 1. The lowest BCUT2D eigenvalue weighted by Gasteiger charge is -2.11. The van der Waals surface area contributed by atoms with Crippen LogP contribution < -0.4 is 5.32 Å². The van der Waals surface area contributed by atoms with Gasteiger partial charge in [-0.15, -0.1) is 0 Å². The van der Waals surface area contributed by atoms with Gasteiger partial charge < -0.3 is 14.3 Å². The van der Waals surface area contributed by atoms with Crippen LogP contribution in [0.15, 0.2) is 144 Å². The van der Waals surface area contributed by atoms with Crippen molar-refractivity contribution in [3.8, 4) is 16.8 Å². The average molecular weight is 529 g/mol. The Kier molecular flexibility index (Phi) is 5.68. The van der Waals surface area contributed by atoms with Gasteiger partial charge in [0.05, 0.1) is 11.0 Å². The maximum Gasteiger partial charge on any atom is 0.136 e. The van der Waals surface area contributed by atoms with E-state index < -0.39 is 0 Å². The molecule has 2 aromatic heterocycles. The van der Waals surface area contributed by atoms with E-state index in [2.05, 4.69) is 137 Å². The van der Waals surface area contributed by atoms with E-state index in [0.717, 1.165) is 46.3 Å². The second kappa shape index (κ2) is 9.81. The van der Waals surface area contributed by atoms with E-state index in [1.54, 1.807) is 0 Å². The van der Waals surface area contributed by atoms with Gasteiger partial charge in [-0.1, -0.05) is 97.1 Å². The Morgan fingerprint density at radius 2 is 1.07 bits per heavy atom. The van der Waals surface area contributed by atoms with Crippen LogP contribution in [0.1, 0.15) is 11.1 Å². The average Bonchev–Trinajstić information content (AvgIpc) is 3.57. The Bertz CT molecular complexity index is 2170. The molecule has 0 aliphatic rings. The van der Waals surface area contributed by atoms with Crippen LogP contribution in [0.25, 0.3) is 60.6 Å². The fraction of sp³-hybridized carbons (Fsp3) is 0.0526. The van der Waals surface area contributed by atoms with Crippen molar-refractivity contribution < 1.29 is 4.42 Å². The zero-order valence-corrected chi connectivity index (χ0v) is 22.5. The van der Waals surface area contributed by atoms with E-state index in [0.29, 0.717) is 0 Å². The van der Waals surface area contributed by atoms with Gasteiger partial charge in [0.15, 0.2) is 0 Å². The molecule has 1 N–H and O–H groups in total. The Hall–Kier alpha value is -5.12. The molecule has 6 aromatic carbocycles. The number of aromatic nitrogens is 1. The summed E-state index contributed by atoms with van der Waals surface area (Å²) in [4.78, 5) is 0. The van der Waals surface area contributed by atoms with Gasteiger partial charge in [-0.25, -0.2) is 0 Å². The number of fused-ring (bicyclic) bond motifs is 6. The Morgan fingerprint density at radius 3 is 1.90 bits per heavy atom. The summed E-state index contributed by atoms with van der Waals surface area (Å²) in [6.45, 7) is 1.69. The number of hydrogen-bond acceptors (Lipinski definition) is 2. The maximum atomic E-state index is 6.20. The Labute approximate surface area is 238 Å². The number of rotatable bonds is 6. The lowest BCUT2D eigenvalue weighted by atomic mass is 10.0. The van der Waals surface area contributed by atoms with Crippen LogP contribution >= 0.6 is 0 Å². The SMILES string of the molecule is c1ccc(CNCc2ccc(-n3c4ccccc4c4ccc(-c5ccc6c(c5)oc5ccccc56)cc43)cc2)cc1. The molecule has 3 nitrogen and oxygen atoms in total. The highest BCUT2D eigenvalue weighted by molar-refractivity contribution is 6.10. The van der Waals surface area contributed by atoms with Gasteiger partial charge in [0.1, 0.15) is 11.2 Å². The fourth-order valence-corrected chi connectivity index (χ4v) is 6.04. The summed E-state index contributed by atoms with van der Waals surface area (Å²) in [6, 6.07) is 49.7. The molecule has 0 fully saturated rings. The van der Waals surface area contributed by atoms with Gasteiger partial charge in [0.25, 0.3) is 0 Å². The lowest BCUT2D eigenvalue weighted by Crippen LogP contribution is -2.12. The lowest BCUT2D eigenvalue weighted by molar-refractivity contribution is 0.669. The minimum atomic E-state index is 0.830. The van der Waals surface area contributed by atoms with E-state index in [-0.39, 0.29) is 0 Å². The fourth-order valence-electron chi connectivity index (χ4n) is 6.04. The monoisotopic (exact) mass is 528 g/mol. The first kappa shape index (κ1) is 23.7. The quantitative estimate of drug-likeness (QED) is 0.233. The minimum Gasteiger partial charge on any atom is -0.456 e. The molecule has 0 saturated carbocycles. The Morgan fingerprint density at radius 1 is 0.463 bits per heavy atom. The van der Waals surface area contributed by atoms with E-state index >= 15 is 0 Å². The zero-order chi connectivity index (χ0) is 27.2. The summed E-state index contributed by atoms with van der Waals surface area (Å²) in [5.74, 6) is 0. The van der Waals surface area contributed by atoms with Gasteiger partial charge in [-0.05, 0) is 64.7 Å². The van der Waals surface area contributed by atoms with E-state index in [1.807, 2.05) is 12.1 Å². The molecule has 0 amide bonds. The van der Waals surface area contributed by atoms with Gasteiger partial charge in [0, 0.05) is 40.3 Å². The number of nitrogens with one attached hydrogen (secondary N) is 1. The highest BCUT2D eigenvalue weighted by Gasteiger charge is 2.14. The predicted octanol–water partition coefficient (Wildman–Crippen LogP) is 9.64. The van der Waals surface area contributed by atoms with Crippen LogP contribution in [0.3, 0.4) is 0 Å². The van der Waals surface area contributed by atoms with Crippen LogP contribution in [0, 0.1) is 0 Å². The topological polar surface area (TPSA) is 30.1 Å². The van der Waals surface area contributed by atoms with Crippen molar-refractivity contribution in [2.45, 2.75) is 13.1 Å². The molecule has 0 bridgehead atoms. The maximum absolute atomic E-state index is 6.20. The molecule has 8 rings (SSSR count). The van der Waals surface area contributed by atoms with Crippen LogP contribution in [0.4, 0.5) is 0 Å². The van der Waals surface area contributed by atoms with Crippen LogP contribution in [-0.2, 0) is 13.1 Å². The second-order valence-electron chi connectivity index (χ2n) is 10.6. The van der Waals surface area contributed by atoms with Gasteiger partial charge in [0.2, 0.25) is 0 Å². The summed E-state index contributed by atoms with van der Waals surface area (Å²) in [5.41, 5.74) is 10.3. The van der Waals surface area contributed by atoms with Crippen molar-refractivity contribution in [2.24, 2.45) is 0 Å². The van der Waals surface area contributed by atoms with Crippen LogP contribution in [0.2, 0.25) is 0 Å². The van der Waals surface area contributed by atoms with Crippen molar-refractivity contribution in [3.63, 3.8) is 0 Å². The van der Waals surface area contributed by atoms with Gasteiger partial charge >= 0.3 is 0 Å². The summed E-state index contributed by atoms with van der Waals surface area (Å²) in [7, 11) is 0. The predicted molar refractivity (Wildman–Crippen MR) is 170 cm³/mol. The first-order valence-corrected chi connectivity index (χ1v) is 14.1. The largest absolute Gasteiger partial charge is 0.456 e. The first-order chi connectivity index (χ1) is 20.3. The highest BCUT2D eigenvalue weighted by atomic mass is 16.3. The summed E-state index contributed by atoms with van der Waals surface area (Å²) >= 11 is 0. The first-order valence-electron chi connectivity index (χ1n) is 14.1.